The van der Waals surface area contributed by atoms with Crippen LogP contribution in [-0.4, -0.2) is 38.3 Å². The third kappa shape index (κ3) is 3.07. The number of nitrogens with one attached hydrogen (secondary N) is 1. The highest BCUT2D eigenvalue weighted by molar-refractivity contribution is 5.91. The Morgan fingerprint density at radius 3 is 2.47 bits per heavy atom. The van der Waals surface area contributed by atoms with Crippen LogP contribution in [0.4, 0.5) is 0 Å². The number of epoxide rings is 1. The van der Waals surface area contributed by atoms with Gasteiger partial charge in [0.05, 0.1) is 16.6 Å². The molecule has 4 aliphatic rings. The number of Topliss-reactive ketones (excluding diaryl/α,β-unsaturated/α-hetero) is 1. The predicted molar refractivity (Wildman–Crippen MR) is 150 cm³/mol. The highest BCUT2D eigenvalue weighted by Crippen LogP contribution is 2.70. The molecule has 6 atom stereocenters. The molecule has 1 aromatic carbocycles. The minimum atomic E-state index is -1.05. The minimum absolute atomic E-state index is 0.183. The van der Waals surface area contributed by atoms with Crippen molar-refractivity contribution in [2.45, 2.75) is 123 Å². The van der Waals surface area contributed by atoms with E-state index in [0.29, 0.717) is 25.2 Å². The maximum absolute atomic E-state index is 13.1. The Balaban J connectivity index is 1.55. The number of ether oxygens (including phenoxy) is 1. The highest BCUT2D eigenvalue weighted by atomic mass is 16.8. The van der Waals surface area contributed by atoms with Crippen LogP contribution in [0.1, 0.15) is 110 Å². The fourth-order valence-corrected chi connectivity index (χ4v) is 9.04. The summed E-state index contributed by atoms with van der Waals surface area (Å²) in [6, 6.07) is 4.20. The van der Waals surface area contributed by atoms with E-state index in [2.05, 4.69) is 50.9 Å². The van der Waals surface area contributed by atoms with E-state index >= 15 is 0 Å². The minimum Gasteiger partial charge on any atom is -0.388 e. The van der Waals surface area contributed by atoms with Crippen molar-refractivity contribution in [3.8, 4) is 0 Å². The monoisotopic (exact) mass is 544 g/mol. The zero-order valence-electron chi connectivity index (χ0n) is 24.4. The first kappa shape index (κ1) is 26.3. The van der Waals surface area contributed by atoms with Gasteiger partial charge in [-0.3, -0.25) is 4.79 Å². The van der Waals surface area contributed by atoms with Gasteiger partial charge in [-0.25, -0.2) is 0 Å². The maximum atomic E-state index is 13.1. The van der Waals surface area contributed by atoms with Crippen molar-refractivity contribution in [1.82, 2.24) is 4.98 Å². The summed E-state index contributed by atoms with van der Waals surface area (Å²) in [5.41, 5.74) is 4.22. The Labute approximate surface area is 227 Å². The first-order chi connectivity index (χ1) is 17.6. The van der Waals surface area contributed by atoms with Crippen molar-refractivity contribution in [3.05, 3.63) is 46.2 Å². The molecule has 3 fully saturated rings. The van der Waals surface area contributed by atoms with Crippen LogP contribution in [0.25, 0.3) is 10.9 Å². The van der Waals surface area contributed by atoms with Crippen LogP contribution in [0.5, 0.6) is 0 Å². The summed E-state index contributed by atoms with van der Waals surface area (Å²) in [6.07, 6.45) is 5.88. The lowest BCUT2D eigenvalue weighted by Crippen LogP contribution is -2.71. The smallest absolute Gasteiger partial charge is 0.141 e. The average Bonchev–Trinajstić information content (AvgIpc) is 3.18. The second kappa shape index (κ2) is 7.83. The number of carbonyl (C=O) groups excluding carboxylic acids is 1. The van der Waals surface area contributed by atoms with Crippen LogP contribution in [0.2, 0.25) is 0 Å². The van der Waals surface area contributed by atoms with E-state index in [1.165, 1.54) is 27.8 Å². The molecule has 2 aromatic rings. The van der Waals surface area contributed by atoms with Gasteiger partial charge in [0.2, 0.25) is 0 Å². The Kier molecular flexibility index (Phi) is 5.41. The first-order valence-corrected chi connectivity index (χ1v) is 14.5. The maximum Gasteiger partial charge on any atom is 0.141 e. The second-order valence-corrected chi connectivity index (χ2v) is 14.5. The molecular weight excluding hydrogens is 499 g/mol. The van der Waals surface area contributed by atoms with Gasteiger partial charge in [-0.2, -0.15) is 0 Å². The van der Waals surface area contributed by atoms with Gasteiger partial charge in [-0.05, 0) is 88.5 Å². The van der Waals surface area contributed by atoms with E-state index in [-0.39, 0.29) is 22.9 Å². The molecular formula is C33H45NO4. The lowest BCUT2D eigenvalue weighted by Gasteiger charge is -2.66. The molecule has 38 heavy (non-hydrogen) atoms. The largest absolute Gasteiger partial charge is 0.388 e. The molecule has 1 unspecified atom stereocenters. The molecule has 1 aliphatic heterocycles. The zero-order valence-corrected chi connectivity index (χ0v) is 24.4. The average molecular weight is 545 g/mol. The molecule has 5 heteroatoms. The predicted octanol–water partition coefficient (Wildman–Crippen LogP) is 6.24. The van der Waals surface area contributed by atoms with E-state index < -0.39 is 22.5 Å². The number of aromatic nitrogens is 1. The van der Waals surface area contributed by atoms with Crippen LogP contribution >= 0.6 is 0 Å². The quantitative estimate of drug-likeness (QED) is 0.242. The second-order valence-electron chi connectivity index (χ2n) is 14.5. The number of fused-ring (bicyclic) bond motifs is 7. The number of ketones is 1. The molecule has 2 heterocycles. The molecule has 5 nitrogen and oxygen atoms in total. The van der Waals surface area contributed by atoms with Crippen LogP contribution in [0.3, 0.4) is 0 Å². The Morgan fingerprint density at radius 2 is 1.84 bits per heavy atom. The molecule has 6 rings (SSSR count). The molecule has 0 bridgehead atoms. The summed E-state index contributed by atoms with van der Waals surface area (Å²) < 4.78 is 5.86. The Bertz CT molecular complexity index is 1380. The van der Waals surface area contributed by atoms with Gasteiger partial charge < -0.3 is 19.9 Å². The number of carbonyl (C=O) groups is 1. The van der Waals surface area contributed by atoms with Gasteiger partial charge in [-0.1, -0.05) is 45.4 Å². The molecule has 3 aliphatic carbocycles. The van der Waals surface area contributed by atoms with Gasteiger partial charge in [0.25, 0.3) is 0 Å². The van der Waals surface area contributed by atoms with E-state index in [0.717, 1.165) is 30.3 Å². The number of aliphatic hydroxyl groups excluding tert-OH is 1. The van der Waals surface area contributed by atoms with Gasteiger partial charge in [0.1, 0.15) is 18.0 Å². The van der Waals surface area contributed by atoms with Gasteiger partial charge in [0.15, 0.2) is 0 Å². The number of hydrogen-bond donors (Lipinski definition) is 3. The van der Waals surface area contributed by atoms with Crippen molar-refractivity contribution in [2.24, 2.45) is 16.7 Å². The molecule has 0 amide bonds. The number of H-pyrrole nitrogens is 1. The number of rotatable bonds is 4. The number of benzene rings is 1. The van der Waals surface area contributed by atoms with Crippen LogP contribution in [0.15, 0.2) is 23.8 Å². The van der Waals surface area contributed by atoms with Crippen LogP contribution in [0, 0.1) is 16.7 Å². The zero-order chi connectivity index (χ0) is 27.6. The third-order valence-electron chi connectivity index (χ3n) is 11.9. The topological polar surface area (TPSA) is 85.8 Å². The molecule has 1 aromatic heterocycles. The third-order valence-corrected chi connectivity index (χ3v) is 11.9. The van der Waals surface area contributed by atoms with E-state index in [1.54, 1.807) is 0 Å². The number of aromatic amines is 1. The standard InChI is InChI=1S/C33H45NO4/c1-18(2)9-10-20-21(26(36)28-30(5,6)38-28)11-12-23-25(20)22-17-19-13-16-33(37)29(3,4)24(35)14-15-31(33,7)32(19,8)27(22)34-23/h9,11-12,19,26,28,34,36-37H,10,13-17H2,1-8H3/t19-,26-,28?,31+,32+,33+/m0/s1/i1+1,2+1,3+1,4+1,5+1,6+1,7+1,8+1,9+1,10+1,13+1,14+1,15+1,16+1,17+1,18+1,19+1,24+1,26+1,28+1,29+1,30+1,31+1,32+1,33+1. The summed E-state index contributed by atoms with van der Waals surface area (Å²) >= 11 is 0. The molecule has 1 saturated heterocycles. The number of hydrogen-bond acceptors (Lipinski definition) is 4. The summed E-state index contributed by atoms with van der Waals surface area (Å²) in [5.74, 6) is 0.584. The van der Waals surface area contributed by atoms with Gasteiger partial charge >= 0.3 is 0 Å². The highest BCUT2D eigenvalue weighted by Gasteiger charge is 2.72. The number of allylic oxidation sites excluding steroid dienone is 2. The van der Waals surface area contributed by atoms with Gasteiger partial charge in [0, 0.05) is 33.8 Å². The molecule has 206 valence electrons. The lowest BCUT2D eigenvalue weighted by molar-refractivity contribution is -0.233. The Morgan fingerprint density at radius 1 is 1.16 bits per heavy atom. The lowest BCUT2D eigenvalue weighted by atomic mass is 10.1. The molecule has 0 spiro atoms. The fourth-order valence-electron chi connectivity index (χ4n) is 9.04. The van der Waals surface area contributed by atoms with Crippen molar-refractivity contribution in [2.75, 3.05) is 0 Å². The van der Waals surface area contributed by atoms with E-state index in [9.17, 15) is 15.0 Å². The fraction of sp³-hybridized carbons (Fsp3) is 0.667. The van der Waals surface area contributed by atoms with E-state index in [4.69, 9.17) is 4.74 Å². The van der Waals surface area contributed by atoms with Crippen molar-refractivity contribution < 1.29 is 19.7 Å². The van der Waals surface area contributed by atoms with Gasteiger partial charge in [-0.15, -0.1) is 0 Å². The molecule has 3 N–H and O–H groups in total. The molecule has 2 saturated carbocycles. The summed E-state index contributed by atoms with van der Waals surface area (Å²) in [5, 5.41) is 25.1. The SMILES string of the molecule is [13CH3][13C]([13CH3])=[13CH][13CH2]c1c([13C@H](O)[13CH]2O[13C]2([13CH3])[13CH3])ccc2[nH]c3c(c12)[13CH2][13C@@H]1[13CH2][13CH2][13C@@]2(O)[13C]([13CH3])([13CH3])[13C](=O)[13CH2][13CH2][13C@]2([13CH3])[13C@@]31[13CH3]. The Hall–Kier alpha value is -1.95. The summed E-state index contributed by atoms with van der Waals surface area (Å²) in [6.45, 7) is 16.8. The summed E-state index contributed by atoms with van der Waals surface area (Å²) in [7, 11) is 0. The summed E-state index contributed by atoms with van der Waals surface area (Å²) in [4.78, 5) is 16.9. The normalized spacial score (nSPS) is 37.4. The van der Waals surface area contributed by atoms with Crippen LogP contribution < -0.4 is 0 Å². The van der Waals surface area contributed by atoms with Crippen molar-refractivity contribution in [3.63, 3.8) is 0 Å². The molecule has 0 radical (unpaired) electrons. The number of aliphatic hydroxyl groups is 2. The van der Waals surface area contributed by atoms with E-state index in [1.807, 2.05) is 27.7 Å². The van der Waals surface area contributed by atoms with Crippen LogP contribution in [-0.2, 0) is 27.8 Å². The first-order valence-electron chi connectivity index (χ1n) is 14.5. The van der Waals surface area contributed by atoms with Crippen molar-refractivity contribution in [1.29, 1.82) is 0 Å². The van der Waals surface area contributed by atoms with Crippen molar-refractivity contribution >= 4 is 16.7 Å².